The minimum atomic E-state index is -0.166. The molecule has 1 amide bonds. The predicted molar refractivity (Wildman–Crippen MR) is 111 cm³/mol. The average Bonchev–Trinajstić information content (AvgIpc) is 3.16. The summed E-state index contributed by atoms with van der Waals surface area (Å²) in [5.74, 6) is 0.0790. The minimum Gasteiger partial charge on any atom is -0.379 e. The van der Waals surface area contributed by atoms with Crippen LogP contribution < -0.4 is 10.2 Å². The number of amides is 1. The molecule has 1 unspecified atom stereocenters. The molecule has 0 aliphatic carbocycles. The average molecular weight is 380 g/mol. The Balaban J connectivity index is 1.33. The first-order valence-electron chi connectivity index (χ1n) is 10.2. The van der Waals surface area contributed by atoms with Crippen LogP contribution in [-0.2, 0) is 29.0 Å². The van der Waals surface area contributed by atoms with Crippen molar-refractivity contribution in [3.8, 4) is 0 Å². The molecule has 0 spiro atoms. The number of carbonyl (C=O) groups excluding carboxylic acids is 1. The van der Waals surface area contributed by atoms with Crippen LogP contribution >= 0.6 is 0 Å². The topological polar surface area (TPSA) is 44.8 Å². The van der Waals surface area contributed by atoms with Gasteiger partial charge in [-0.05, 0) is 36.1 Å². The van der Waals surface area contributed by atoms with Crippen LogP contribution in [0.4, 0.5) is 5.69 Å². The molecule has 5 nitrogen and oxygen atoms in total. The number of ether oxygens (including phenoxy) is 1. The van der Waals surface area contributed by atoms with Gasteiger partial charge in [-0.1, -0.05) is 42.5 Å². The van der Waals surface area contributed by atoms with Crippen molar-refractivity contribution in [2.75, 3.05) is 37.7 Å². The molecule has 0 aromatic heterocycles. The van der Waals surface area contributed by atoms with Crippen molar-refractivity contribution in [2.45, 2.75) is 32.5 Å². The summed E-state index contributed by atoms with van der Waals surface area (Å²) in [6.07, 6.45) is 1.01. The highest BCUT2D eigenvalue weighted by molar-refractivity contribution is 5.85. The molecule has 0 saturated carbocycles. The lowest BCUT2D eigenvalue weighted by Crippen LogP contribution is -2.44. The molecule has 2 heterocycles. The largest absolute Gasteiger partial charge is 0.379 e. The molecule has 0 radical (unpaired) electrons. The monoisotopic (exact) mass is 379 g/mol. The lowest BCUT2D eigenvalue weighted by atomic mass is 10.1. The van der Waals surface area contributed by atoms with Gasteiger partial charge in [0.05, 0.1) is 13.2 Å². The van der Waals surface area contributed by atoms with Gasteiger partial charge in [0.15, 0.2) is 0 Å². The molecule has 2 aromatic carbocycles. The molecule has 28 heavy (non-hydrogen) atoms. The van der Waals surface area contributed by atoms with E-state index < -0.39 is 0 Å². The van der Waals surface area contributed by atoms with E-state index >= 15 is 0 Å². The maximum Gasteiger partial charge on any atom is 0.242 e. The number of fused-ring (bicyclic) bond motifs is 1. The van der Waals surface area contributed by atoms with Crippen LogP contribution in [-0.4, -0.2) is 49.7 Å². The standard InChI is InChI=1S/C23H29N3O2/c1-18(26-10-9-21-7-2-3-8-22(21)26)23(27)24-16-19-5-4-6-20(15-19)17-25-11-13-28-14-12-25/h2-8,15,18H,9-14,16-17H2,1H3,(H,24,27). The molecule has 1 N–H and O–H groups in total. The summed E-state index contributed by atoms with van der Waals surface area (Å²) in [5.41, 5.74) is 4.96. The van der Waals surface area contributed by atoms with E-state index in [-0.39, 0.29) is 11.9 Å². The molecule has 4 rings (SSSR count). The van der Waals surface area contributed by atoms with E-state index in [0.717, 1.165) is 51.4 Å². The van der Waals surface area contributed by atoms with E-state index in [9.17, 15) is 4.79 Å². The smallest absolute Gasteiger partial charge is 0.242 e. The highest BCUT2D eigenvalue weighted by Gasteiger charge is 2.27. The van der Waals surface area contributed by atoms with Crippen LogP contribution in [0.25, 0.3) is 0 Å². The minimum absolute atomic E-state index is 0.0790. The van der Waals surface area contributed by atoms with Crippen LogP contribution in [0.2, 0.25) is 0 Å². The molecule has 2 aliphatic heterocycles. The molecular formula is C23H29N3O2. The lowest BCUT2D eigenvalue weighted by molar-refractivity contribution is -0.122. The lowest BCUT2D eigenvalue weighted by Gasteiger charge is -2.27. The van der Waals surface area contributed by atoms with E-state index in [1.165, 1.54) is 16.8 Å². The Morgan fingerprint density at radius 1 is 1.07 bits per heavy atom. The third-order valence-electron chi connectivity index (χ3n) is 5.74. The Kier molecular flexibility index (Phi) is 5.93. The summed E-state index contributed by atoms with van der Waals surface area (Å²) in [4.78, 5) is 17.4. The number of benzene rings is 2. The summed E-state index contributed by atoms with van der Waals surface area (Å²) in [7, 11) is 0. The van der Waals surface area contributed by atoms with Crippen molar-refractivity contribution in [1.82, 2.24) is 10.2 Å². The zero-order valence-corrected chi connectivity index (χ0v) is 16.6. The fraction of sp³-hybridized carbons (Fsp3) is 0.435. The Bertz CT molecular complexity index is 817. The number of nitrogens with one attached hydrogen (secondary N) is 1. The van der Waals surface area contributed by atoms with Crippen molar-refractivity contribution in [1.29, 1.82) is 0 Å². The van der Waals surface area contributed by atoms with Crippen molar-refractivity contribution in [3.63, 3.8) is 0 Å². The maximum atomic E-state index is 12.7. The van der Waals surface area contributed by atoms with E-state index in [0.29, 0.717) is 6.54 Å². The Morgan fingerprint density at radius 2 is 1.86 bits per heavy atom. The highest BCUT2D eigenvalue weighted by Crippen LogP contribution is 2.29. The van der Waals surface area contributed by atoms with E-state index in [2.05, 4.69) is 57.6 Å². The SMILES string of the molecule is CC(C(=O)NCc1cccc(CN2CCOCC2)c1)N1CCc2ccccc21. The second-order valence-corrected chi connectivity index (χ2v) is 7.67. The van der Waals surface area contributed by atoms with Gasteiger partial charge in [0.2, 0.25) is 5.91 Å². The molecule has 2 aliphatic rings. The maximum absolute atomic E-state index is 12.7. The summed E-state index contributed by atoms with van der Waals surface area (Å²) in [6.45, 7) is 7.99. The molecule has 1 saturated heterocycles. The molecule has 148 valence electrons. The van der Waals surface area contributed by atoms with Gasteiger partial charge in [-0.25, -0.2) is 0 Å². The Morgan fingerprint density at radius 3 is 2.71 bits per heavy atom. The fourth-order valence-electron chi connectivity index (χ4n) is 4.10. The third kappa shape index (κ3) is 4.37. The van der Waals surface area contributed by atoms with E-state index in [1.807, 2.05) is 13.0 Å². The summed E-state index contributed by atoms with van der Waals surface area (Å²) in [6, 6.07) is 16.7. The van der Waals surface area contributed by atoms with Gasteiger partial charge < -0.3 is 15.0 Å². The molecule has 0 bridgehead atoms. The van der Waals surface area contributed by atoms with Gasteiger partial charge in [-0.15, -0.1) is 0 Å². The summed E-state index contributed by atoms with van der Waals surface area (Å²) < 4.78 is 5.42. The van der Waals surface area contributed by atoms with Crippen LogP contribution in [0.15, 0.2) is 48.5 Å². The number of rotatable bonds is 6. The first kappa shape index (κ1) is 19.0. The van der Waals surface area contributed by atoms with Gasteiger partial charge in [0.25, 0.3) is 0 Å². The third-order valence-corrected chi connectivity index (χ3v) is 5.74. The van der Waals surface area contributed by atoms with Crippen LogP contribution in [0.3, 0.4) is 0 Å². The first-order valence-corrected chi connectivity index (χ1v) is 10.2. The van der Waals surface area contributed by atoms with Gasteiger partial charge in [-0.3, -0.25) is 9.69 Å². The normalized spacial score (nSPS) is 18.0. The van der Waals surface area contributed by atoms with Gasteiger partial charge in [-0.2, -0.15) is 0 Å². The molecular weight excluding hydrogens is 350 g/mol. The number of para-hydroxylation sites is 1. The summed E-state index contributed by atoms with van der Waals surface area (Å²) >= 11 is 0. The fourth-order valence-corrected chi connectivity index (χ4v) is 4.10. The Hall–Kier alpha value is -2.37. The van der Waals surface area contributed by atoms with Crippen LogP contribution in [0.5, 0.6) is 0 Å². The molecule has 1 fully saturated rings. The van der Waals surface area contributed by atoms with Crippen molar-refractivity contribution < 1.29 is 9.53 Å². The zero-order chi connectivity index (χ0) is 19.3. The highest BCUT2D eigenvalue weighted by atomic mass is 16.5. The van der Waals surface area contributed by atoms with E-state index in [1.54, 1.807) is 0 Å². The number of carbonyl (C=O) groups is 1. The zero-order valence-electron chi connectivity index (χ0n) is 16.6. The first-order chi connectivity index (χ1) is 13.7. The predicted octanol–water partition coefficient (Wildman–Crippen LogP) is 2.59. The van der Waals surface area contributed by atoms with Crippen LogP contribution in [0.1, 0.15) is 23.6 Å². The van der Waals surface area contributed by atoms with E-state index in [4.69, 9.17) is 4.74 Å². The number of hydrogen-bond acceptors (Lipinski definition) is 4. The number of morpholine rings is 1. The van der Waals surface area contributed by atoms with Crippen molar-refractivity contribution in [3.05, 3.63) is 65.2 Å². The van der Waals surface area contributed by atoms with Gasteiger partial charge in [0, 0.05) is 38.4 Å². The molecule has 2 aromatic rings. The van der Waals surface area contributed by atoms with Crippen molar-refractivity contribution >= 4 is 11.6 Å². The van der Waals surface area contributed by atoms with Crippen LogP contribution in [0, 0.1) is 0 Å². The molecule has 5 heteroatoms. The second kappa shape index (κ2) is 8.76. The number of anilines is 1. The Labute approximate surface area is 167 Å². The molecule has 1 atom stereocenters. The number of hydrogen-bond donors (Lipinski definition) is 1. The summed E-state index contributed by atoms with van der Waals surface area (Å²) in [5, 5.41) is 3.12. The van der Waals surface area contributed by atoms with Gasteiger partial charge >= 0.3 is 0 Å². The quantitative estimate of drug-likeness (QED) is 0.838. The van der Waals surface area contributed by atoms with Gasteiger partial charge in [0.1, 0.15) is 6.04 Å². The number of nitrogens with zero attached hydrogens (tertiary/aromatic N) is 2. The second-order valence-electron chi connectivity index (χ2n) is 7.67. The van der Waals surface area contributed by atoms with Crippen molar-refractivity contribution in [2.24, 2.45) is 0 Å².